The summed E-state index contributed by atoms with van der Waals surface area (Å²) in [5.41, 5.74) is 9.38. The van der Waals surface area contributed by atoms with E-state index in [2.05, 4.69) is 15.3 Å². The molecule has 3 aromatic rings. The Bertz CT molecular complexity index is 851. The van der Waals surface area contributed by atoms with E-state index in [9.17, 15) is 0 Å². The lowest BCUT2D eigenvalue weighted by atomic mass is 10.2. The summed E-state index contributed by atoms with van der Waals surface area (Å²) in [5.74, 6) is 2.02. The molecule has 0 bridgehead atoms. The smallest absolute Gasteiger partial charge is 0.231 e. The zero-order chi connectivity index (χ0) is 14.9. The van der Waals surface area contributed by atoms with E-state index < -0.39 is 0 Å². The normalized spacial score (nSPS) is 12.5. The third-order valence-corrected chi connectivity index (χ3v) is 3.50. The highest BCUT2D eigenvalue weighted by atomic mass is 16.7. The van der Waals surface area contributed by atoms with Crippen LogP contribution in [0, 0.1) is 0 Å². The number of ether oxygens (including phenoxy) is 2. The monoisotopic (exact) mass is 294 g/mol. The van der Waals surface area contributed by atoms with Gasteiger partial charge >= 0.3 is 0 Å². The predicted molar refractivity (Wildman–Crippen MR) is 83.8 cm³/mol. The standard InChI is InChI=1S/C16H14N4O2/c17-15-7-12(16-11(20-15)2-1-5-18-16)19-8-10-3-4-13-14(6-10)22-9-21-13/h1-7H,8-9H2,(H3,17,19,20). The van der Waals surface area contributed by atoms with E-state index in [1.165, 1.54) is 0 Å². The lowest BCUT2D eigenvalue weighted by molar-refractivity contribution is 0.174. The fraction of sp³-hybridized carbons (Fsp3) is 0.125. The van der Waals surface area contributed by atoms with E-state index in [0.29, 0.717) is 12.4 Å². The van der Waals surface area contributed by atoms with Crippen LogP contribution in [0.2, 0.25) is 0 Å². The molecule has 0 fully saturated rings. The minimum Gasteiger partial charge on any atom is -0.454 e. The maximum atomic E-state index is 5.85. The van der Waals surface area contributed by atoms with Crippen LogP contribution in [-0.2, 0) is 6.54 Å². The van der Waals surface area contributed by atoms with Crippen LogP contribution in [0.5, 0.6) is 11.5 Å². The van der Waals surface area contributed by atoms with Crippen molar-refractivity contribution >= 4 is 22.5 Å². The van der Waals surface area contributed by atoms with E-state index in [0.717, 1.165) is 33.8 Å². The lowest BCUT2D eigenvalue weighted by Gasteiger charge is -2.10. The summed E-state index contributed by atoms with van der Waals surface area (Å²) in [6.45, 7) is 0.910. The molecule has 3 N–H and O–H groups in total. The second-order valence-corrected chi connectivity index (χ2v) is 5.01. The van der Waals surface area contributed by atoms with E-state index in [1.54, 1.807) is 12.3 Å². The second-order valence-electron chi connectivity index (χ2n) is 5.01. The SMILES string of the molecule is Nc1cc(NCc2ccc3c(c2)OCO3)c2ncccc2n1. The van der Waals surface area contributed by atoms with Crippen LogP contribution >= 0.6 is 0 Å². The third kappa shape index (κ3) is 2.24. The maximum Gasteiger partial charge on any atom is 0.231 e. The largest absolute Gasteiger partial charge is 0.454 e. The highest BCUT2D eigenvalue weighted by Gasteiger charge is 2.13. The highest BCUT2D eigenvalue weighted by molar-refractivity contribution is 5.89. The third-order valence-electron chi connectivity index (χ3n) is 3.50. The van der Waals surface area contributed by atoms with Crippen molar-refractivity contribution in [2.75, 3.05) is 17.8 Å². The van der Waals surface area contributed by atoms with Gasteiger partial charge in [-0.15, -0.1) is 0 Å². The molecule has 22 heavy (non-hydrogen) atoms. The first-order valence-corrected chi connectivity index (χ1v) is 6.93. The van der Waals surface area contributed by atoms with Crippen molar-refractivity contribution in [3.05, 3.63) is 48.2 Å². The number of nitrogens with one attached hydrogen (secondary N) is 1. The zero-order valence-electron chi connectivity index (χ0n) is 11.7. The molecular weight excluding hydrogens is 280 g/mol. The van der Waals surface area contributed by atoms with E-state index >= 15 is 0 Å². The number of hydrogen-bond acceptors (Lipinski definition) is 6. The van der Waals surface area contributed by atoms with Crippen molar-refractivity contribution in [1.29, 1.82) is 0 Å². The molecule has 0 saturated heterocycles. The Kier molecular flexibility index (Phi) is 2.93. The Labute approximate surface area is 126 Å². The van der Waals surface area contributed by atoms with Crippen molar-refractivity contribution in [2.45, 2.75) is 6.54 Å². The number of nitrogens with two attached hydrogens (primary N) is 1. The van der Waals surface area contributed by atoms with Gasteiger partial charge in [-0.05, 0) is 29.8 Å². The highest BCUT2D eigenvalue weighted by Crippen LogP contribution is 2.33. The van der Waals surface area contributed by atoms with Gasteiger partial charge in [0.2, 0.25) is 6.79 Å². The van der Waals surface area contributed by atoms with Crippen LogP contribution in [-0.4, -0.2) is 16.8 Å². The molecule has 1 aliphatic heterocycles. The van der Waals surface area contributed by atoms with Gasteiger partial charge in [0.1, 0.15) is 11.3 Å². The second kappa shape index (κ2) is 5.07. The van der Waals surface area contributed by atoms with Gasteiger partial charge in [0.25, 0.3) is 0 Å². The van der Waals surface area contributed by atoms with Crippen LogP contribution < -0.4 is 20.5 Å². The van der Waals surface area contributed by atoms with Crippen molar-refractivity contribution in [3.8, 4) is 11.5 Å². The predicted octanol–water partition coefficient (Wildman–Crippen LogP) is 2.55. The molecule has 0 amide bonds. The number of hydrogen-bond donors (Lipinski definition) is 2. The summed E-state index contributed by atoms with van der Waals surface area (Å²) < 4.78 is 10.7. The topological polar surface area (TPSA) is 82.3 Å². The number of aromatic nitrogens is 2. The molecule has 1 aliphatic rings. The molecule has 6 heteroatoms. The van der Waals surface area contributed by atoms with Crippen molar-refractivity contribution in [3.63, 3.8) is 0 Å². The van der Waals surface area contributed by atoms with Gasteiger partial charge in [0.15, 0.2) is 11.5 Å². The Balaban J connectivity index is 1.61. The first kappa shape index (κ1) is 12.7. The number of nitrogen functional groups attached to an aromatic ring is 1. The van der Waals surface area contributed by atoms with E-state index in [-0.39, 0.29) is 6.79 Å². The number of rotatable bonds is 3. The van der Waals surface area contributed by atoms with E-state index in [1.807, 2.05) is 30.3 Å². The van der Waals surface area contributed by atoms with Crippen LogP contribution in [0.15, 0.2) is 42.6 Å². The summed E-state index contributed by atoms with van der Waals surface area (Å²) in [6.07, 6.45) is 1.74. The van der Waals surface area contributed by atoms with Gasteiger partial charge in [-0.3, -0.25) is 4.98 Å². The number of pyridine rings is 2. The Morgan fingerprint density at radius 3 is 3.00 bits per heavy atom. The molecule has 6 nitrogen and oxygen atoms in total. The fourth-order valence-electron chi connectivity index (χ4n) is 2.47. The minimum absolute atomic E-state index is 0.279. The van der Waals surface area contributed by atoms with E-state index in [4.69, 9.17) is 15.2 Å². The van der Waals surface area contributed by atoms with Crippen molar-refractivity contribution in [1.82, 2.24) is 9.97 Å². The van der Waals surface area contributed by atoms with Crippen LogP contribution in [0.4, 0.5) is 11.5 Å². The average Bonchev–Trinajstić information content (AvgIpc) is 3.00. The van der Waals surface area contributed by atoms with Crippen molar-refractivity contribution in [2.24, 2.45) is 0 Å². The van der Waals surface area contributed by atoms with Gasteiger partial charge in [-0.25, -0.2) is 4.98 Å². The molecule has 0 unspecified atom stereocenters. The molecule has 0 radical (unpaired) electrons. The quantitative estimate of drug-likeness (QED) is 0.772. The Hall–Kier alpha value is -3.02. The summed E-state index contributed by atoms with van der Waals surface area (Å²) in [7, 11) is 0. The first-order chi connectivity index (χ1) is 10.8. The summed E-state index contributed by atoms with van der Waals surface area (Å²) in [4.78, 5) is 8.64. The molecule has 0 atom stereocenters. The molecule has 0 spiro atoms. The number of nitrogens with zero attached hydrogens (tertiary/aromatic N) is 2. The number of fused-ring (bicyclic) bond motifs is 2. The molecule has 2 aromatic heterocycles. The maximum absolute atomic E-state index is 5.85. The van der Waals surface area contributed by atoms with Gasteiger partial charge in [-0.1, -0.05) is 6.07 Å². The summed E-state index contributed by atoms with van der Waals surface area (Å²) in [6, 6.07) is 11.4. The molecule has 110 valence electrons. The molecule has 0 saturated carbocycles. The molecule has 4 rings (SSSR count). The Morgan fingerprint density at radius 1 is 1.14 bits per heavy atom. The van der Waals surface area contributed by atoms with Gasteiger partial charge < -0.3 is 20.5 Å². The fourth-order valence-corrected chi connectivity index (χ4v) is 2.47. The Morgan fingerprint density at radius 2 is 2.05 bits per heavy atom. The average molecular weight is 294 g/mol. The lowest BCUT2D eigenvalue weighted by Crippen LogP contribution is -2.03. The molecule has 3 heterocycles. The van der Waals surface area contributed by atoms with Gasteiger partial charge in [-0.2, -0.15) is 0 Å². The zero-order valence-corrected chi connectivity index (χ0v) is 11.7. The molecule has 0 aliphatic carbocycles. The minimum atomic E-state index is 0.279. The van der Waals surface area contributed by atoms with Crippen LogP contribution in [0.3, 0.4) is 0 Å². The van der Waals surface area contributed by atoms with Crippen molar-refractivity contribution < 1.29 is 9.47 Å². The molecule has 1 aromatic carbocycles. The first-order valence-electron chi connectivity index (χ1n) is 6.93. The summed E-state index contributed by atoms with van der Waals surface area (Å²) >= 11 is 0. The van der Waals surface area contributed by atoms with Crippen LogP contribution in [0.25, 0.3) is 11.0 Å². The number of benzene rings is 1. The van der Waals surface area contributed by atoms with Crippen LogP contribution in [0.1, 0.15) is 5.56 Å². The summed E-state index contributed by atoms with van der Waals surface area (Å²) in [5, 5.41) is 3.36. The number of anilines is 2. The van der Waals surface area contributed by atoms with Gasteiger partial charge in [0, 0.05) is 18.8 Å². The van der Waals surface area contributed by atoms with Gasteiger partial charge in [0.05, 0.1) is 11.2 Å². The molecular formula is C16H14N4O2.